The van der Waals surface area contributed by atoms with E-state index in [1.54, 1.807) is 13.0 Å². The zero-order valence-corrected chi connectivity index (χ0v) is 20.4. The van der Waals surface area contributed by atoms with Crippen LogP contribution in [0.1, 0.15) is 25.8 Å². The van der Waals surface area contributed by atoms with Crippen LogP contribution >= 0.6 is 27.5 Å². The molecule has 1 N–H and O–H groups in total. The predicted octanol–water partition coefficient (Wildman–Crippen LogP) is 5.58. The first-order valence-corrected chi connectivity index (χ1v) is 11.7. The Morgan fingerprint density at radius 3 is 2.56 bits per heavy atom. The van der Waals surface area contributed by atoms with E-state index in [9.17, 15) is 9.59 Å². The normalized spacial score (nSPS) is 11.8. The summed E-state index contributed by atoms with van der Waals surface area (Å²) in [4.78, 5) is 27.3. The van der Waals surface area contributed by atoms with Gasteiger partial charge in [-0.15, -0.1) is 0 Å². The minimum atomic E-state index is -0.672. The Labute approximate surface area is 201 Å². The third kappa shape index (κ3) is 5.81. The van der Waals surface area contributed by atoms with E-state index in [1.807, 2.05) is 61.5 Å². The van der Waals surface area contributed by atoms with Gasteiger partial charge in [-0.05, 0) is 57.7 Å². The monoisotopic (exact) mass is 516 g/mol. The van der Waals surface area contributed by atoms with E-state index in [1.165, 1.54) is 4.90 Å². The Bertz CT molecular complexity index is 1110. The Kier molecular flexibility index (Phi) is 8.53. The molecule has 0 heterocycles. The van der Waals surface area contributed by atoms with E-state index in [0.717, 1.165) is 27.2 Å². The summed E-state index contributed by atoms with van der Waals surface area (Å²) in [6.07, 6.45) is 0.815. The minimum Gasteiger partial charge on any atom is -0.483 e. The van der Waals surface area contributed by atoms with Gasteiger partial charge in [0.25, 0.3) is 5.91 Å². The first-order valence-electron chi connectivity index (χ1n) is 10.5. The standard InChI is InChI=1S/C25H26BrClN2O3/c1-3-14-28-25(31)17(2)29(15-19-9-5-7-11-21(19)27)23(30)16-32-22-13-12-18-8-4-6-10-20(18)24(22)26/h4-13,17H,3,14-16H2,1-2H3,(H,28,31)/t17-/m0/s1. The maximum atomic E-state index is 13.2. The van der Waals surface area contributed by atoms with Crippen LogP contribution in [0.15, 0.2) is 65.1 Å². The van der Waals surface area contributed by atoms with E-state index in [2.05, 4.69) is 21.2 Å². The Balaban J connectivity index is 1.79. The van der Waals surface area contributed by atoms with Gasteiger partial charge < -0.3 is 15.0 Å². The van der Waals surface area contributed by atoms with Gasteiger partial charge in [0.1, 0.15) is 11.8 Å². The highest BCUT2D eigenvalue weighted by Gasteiger charge is 2.27. The van der Waals surface area contributed by atoms with E-state index < -0.39 is 6.04 Å². The number of hydrogen-bond donors (Lipinski definition) is 1. The van der Waals surface area contributed by atoms with Crippen LogP contribution in [0.5, 0.6) is 5.75 Å². The van der Waals surface area contributed by atoms with Gasteiger partial charge in [-0.25, -0.2) is 0 Å². The second kappa shape index (κ2) is 11.3. The molecule has 3 aromatic carbocycles. The summed E-state index contributed by atoms with van der Waals surface area (Å²) in [5.41, 5.74) is 0.768. The quantitative estimate of drug-likeness (QED) is 0.403. The molecule has 1 atom stereocenters. The van der Waals surface area contributed by atoms with Crippen molar-refractivity contribution in [2.45, 2.75) is 32.9 Å². The summed E-state index contributed by atoms with van der Waals surface area (Å²) in [6, 6.07) is 18.3. The number of carbonyl (C=O) groups excluding carboxylic acids is 2. The first kappa shape index (κ1) is 24.1. The van der Waals surface area contributed by atoms with Crippen molar-refractivity contribution in [3.8, 4) is 5.75 Å². The van der Waals surface area contributed by atoms with Crippen molar-refractivity contribution < 1.29 is 14.3 Å². The molecule has 0 bridgehead atoms. The molecule has 2 amide bonds. The van der Waals surface area contributed by atoms with Gasteiger partial charge in [-0.1, -0.05) is 67.1 Å². The van der Waals surface area contributed by atoms with Crippen LogP contribution < -0.4 is 10.1 Å². The molecule has 0 aliphatic carbocycles. The van der Waals surface area contributed by atoms with Gasteiger partial charge >= 0.3 is 0 Å². The second-order valence-electron chi connectivity index (χ2n) is 7.47. The third-order valence-electron chi connectivity index (χ3n) is 5.19. The summed E-state index contributed by atoms with van der Waals surface area (Å²) in [6.45, 7) is 4.25. The molecule has 0 aliphatic rings. The van der Waals surface area contributed by atoms with Gasteiger partial charge in [0.05, 0.1) is 4.47 Å². The van der Waals surface area contributed by atoms with Crippen molar-refractivity contribution in [2.24, 2.45) is 0 Å². The van der Waals surface area contributed by atoms with E-state index in [0.29, 0.717) is 17.3 Å². The fourth-order valence-electron chi connectivity index (χ4n) is 3.34. The largest absolute Gasteiger partial charge is 0.483 e. The predicted molar refractivity (Wildman–Crippen MR) is 132 cm³/mol. The summed E-state index contributed by atoms with van der Waals surface area (Å²) in [5.74, 6) is 0.0566. The van der Waals surface area contributed by atoms with E-state index >= 15 is 0 Å². The number of rotatable bonds is 9. The van der Waals surface area contributed by atoms with Crippen molar-refractivity contribution in [1.82, 2.24) is 10.2 Å². The lowest BCUT2D eigenvalue weighted by Gasteiger charge is -2.29. The molecule has 32 heavy (non-hydrogen) atoms. The number of halogens is 2. The third-order valence-corrected chi connectivity index (χ3v) is 6.38. The maximum Gasteiger partial charge on any atom is 0.261 e. The minimum absolute atomic E-state index is 0.202. The Morgan fingerprint density at radius 1 is 1.09 bits per heavy atom. The molecule has 7 heteroatoms. The lowest BCUT2D eigenvalue weighted by atomic mass is 10.1. The molecular formula is C25H26BrClN2O3. The van der Waals surface area contributed by atoms with Crippen molar-refractivity contribution >= 4 is 50.1 Å². The average Bonchev–Trinajstić information content (AvgIpc) is 2.81. The van der Waals surface area contributed by atoms with E-state index in [4.69, 9.17) is 16.3 Å². The number of fused-ring (bicyclic) bond motifs is 1. The summed E-state index contributed by atoms with van der Waals surface area (Å²) in [5, 5.41) is 5.47. The van der Waals surface area contributed by atoms with Crippen molar-refractivity contribution in [3.05, 3.63) is 75.7 Å². The van der Waals surface area contributed by atoms with Crippen LogP contribution in [-0.4, -0.2) is 35.9 Å². The number of hydrogen-bond acceptors (Lipinski definition) is 3. The lowest BCUT2D eigenvalue weighted by Crippen LogP contribution is -2.49. The van der Waals surface area contributed by atoms with Gasteiger partial charge in [0.15, 0.2) is 6.61 Å². The fraction of sp³-hybridized carbons (Fsp3) is 0.280. The number of amides is 2. The molecule has 3 aromatic rings. The molecule has 0 spiro atoms. The van der Waals surface area contributed by atoms with Crippen molar-refractivity contribution in [3.63, 3.8) is 0 Å². The lowest BCUT2D eigenvalue weighted by molar-refractivity contribution is -0.142. The van der Waals surface area contributed by atoms with E-state index in [-0.39, 0.29) is 25.0 Å². The first-order chi connectivity index (χ1) is 15.4. The molecule has 0 aliphatic heterocycles. The Hall–Kier alpha value is -2.57. The van der Waals surface area contributed by atoms with Gasteiger partial charge in [0, 0.05) is 18.1 Å². The Morgan fingerprint density at radius 2 is 1.81 bits per heavy atom. The molecule has 0 fully saturated rings. The summed E-state index contributed by atoms with van der Waals surface area (Å²) in [7, 11) is 0. The number of nitrogens with one attached hydrogen (secondary N) is 1. The zero-order valence-electron chi connectivity index (χ0n) is 18.1. The molecular weight excluding hydrogens is 492 g/mol. The van der Waals surface area contributed by atoms with Gasteiger partial charge in [0.2, 0.25) is 5.91 Å². The number of nitrogens with zero attached hydrogens (tertiary/aromatic N) is 1. The van der Waals surface area contributed by atoms with Crippen molar-refractivity contribution in [1.29, 1.82) is 0 Å². The summed E-state index contributed by atoms with van der Waals surface area (Å²) >= 11 is 9.90. The number of benzene rings is 3. The second-order valence-corrected chi connectivity index (χ2v) is 8.67. The van der Waals surface area contributed by atoms with Gasteiger partial charge in [-0.2, -0.15) is 0 Å². The molecule has 3 rings (SSSR count). The highest BCUT2D eigenvalue weighted by molar-refractivity contribution is 9.10. The molecule has 0 saturated carbocycles. The molecule has 0 aromatic heterocycles. The maximum absolute atomic E-state index is 13.2. The van der Waals surface area contributed by atoms with Crippen LogP contribution in [0, 0.1) is 0 Å². The fourth-order valence-corrected chi connectivity index (χ4v) is 4.14. The number of ether oxygens (including phenoxy) is 1. The molecule has 168 valence electrons. The molecule has 5 nitrogen and oxygen atoms in total. The molecule has 0 saturated heterocycles. The number of carbonyl (C=O) groups is 2. The van der Waals surface area contributed by atoms with Crippen molar-refractivity contribution in [2.75, 3.05) is 13.2 Å². The zero-order chi connectivity index (χ0) is 23.1. The highest BCUT2D eigenvalue weighted by atomic mass is 79.9. The molecule has 0 unspecified atom stereocenters. The van der Waals surface area contributed by atoms with Crippen LogP contribution in [-0.2, 0) is 16.1 Å². The summed E-state index contributed by atoms with van der Waals surface area (Å²) < 4.78 is 6.65. The average molecular weight is 518 g/mol. The van der Waals surface area contributed by atoms with Crippen LogP contribution in [0.3, 0.4) is 0 Å². The SMILES string of the molecule is CCCNC(=O)[C@H](C)N(Cc1ccccc1Cl)C(=O)COc1ccc2ccccc2c1Br. The van der Waals surface area contributed by atoms with Crippen LogP contribution in [0.25, 0.3) is 10.8 Å². The van der Waals surface area contributed by atoms with Gasteiger partial charge in [-0.3, -0.25) is 9.59 Å². The topological polar surface area (TPSA) is 58.6 Å². The molecule has 0 radical (unpaired) electrons. The smallest absolute Gasteiger partial charge is 0.261 e. The highest BCUT2D eigenvalue weighted by Crippen LogP contribution is 2.33. The van der Waals surface area contributed by atoms with Crippen LogP contribution in [0.2, 0.25) is 5.02 Å². The van der Waals surface area contributed by atoms with Crippen LogP contribution in [0.4, 0.5) is 0 Å².